The highest BCUT2D eigenvalue weighted by molar-refractivity contribution is 5.95. The van der Waals surface area contributed by atoms with E-state index in [1.165, 1.54) is 12.1 Å². The molecule has 4 rings (SSSR count). The van der Waals surface area contributed by atoms with Crippen molar-refractivity contribution in [2.24, 2.45) is 11.5 Å². The molecule has 4 N–H and O–H groups in total. The van der Waals surface area contributed by atoms with Gasteiger partial charge < -0.3 is 21.1 Å². The van der Waals surface area contributed by atoms with Crippen LogP contribution in [0.2, 0.25) is 0 Å². The molecule has 1 aromatic heterocycles. The molecule has 0 saturated carbocycles. The van der Waals surface area contributed by atoms with E-state index in [9.17, 15) is 14.0 Å². The van der Waals surface area contributed by atoms with Crippen molar-refractivity contribution in [1.29, 1.82) is 0 Å². The number of aromatic nitrogens is 2. The zero-order valence-electron chi connectivity index (χ0n) is 19.9. The van der Waals surface area contributed by atoms with Crippen LogP contribution in [0.5, 0.6) is 5.75 Å². The number of anilines is 1. The number of amides is 2. The van der Waals surface area contributed by atoms with Crippen LogP contribution in [-0.4, -0.2) is 40.9 Å². The van der Waals surface area contributed by atoms with E-state index in [0.29, 0.717) is 25.2 Å². The Kier molecular flexibility index (Phi) is 7.89. The average Bonchev–Trinajstić information content (AvgIpc) is 3.23. The van der Waals surface area contributed by atoms with Crippen molar-refractivity contribution in [1.82, 2.24) is 9.78 Å². The van der Waals surface area contributed by atoms with Gasteiger partial charge in [0, 0.05) is 25.2 Å². The van der Waals surface area contributed by atoms with Crippen LogP contribution in [-0.2, 0) is 11.2 Å². The molecule has 0 radical (unpaired) electrons. The number of fused-ring (bicyclic) bond motifs is 1. The van der Waals surface area contributed by atoms with Crippen LogP contribution in [0.15, 0.2) is 54.9 Å². The van der Waals surface area contributed by atoms with Gasteiger partial charge in [-0.1, -0.05) is 24.0 Å². The molecule has 3 aromatic rings. The fraction of sp³-hybridized carbons (Fsp3) is 0.269. The molecular weight excluding hydrogens is 449 g/mol. The summed E-state index contributed by atoms with van der Waals surface area (Å²) in [6.45, 7) is 4.11. The molecule has 0 unspecified atom stereocenters. The highest BCUT2D eigenvalue weighted by Crippen LogP contribution is 2.31. The van der Waals surface area contributed by atoms with E-state index in [0.717, 1.165) is 27.1 Å². The highest BCUT2D eigenvalue weighted by atomic mass is 19.1. The Bertz CT molecular complexity index is 1270. The minimum Gasteiger partial charge on any atom is -0.491 e. The van der Waals surface area contributed by atoms with E-state index >= 15 is 0 Å². The van der Waals surface area contributed by atoms with E-state index in [-0.39, 0.29) is 11.7 Å². The minimum absolute atomic E-state index is 0.0445. The largest absolute Gasteiger partial charge is 0.491 e. The Morgan fingerprint density at radius 1 is 1.20 bits per heavy atom. The summed E-state index contributed by atoms with van der Waals surface area (Å²) in [5.74, 6) is 6.48. The van der Waals surface area contributed by atoms with Crippen molar-refractivity contribution in [2.75, 3.05) is 18.6 Å². The van der Waals surface area contributed by atoms with Gasteiger partial charge in [-0.3, -0.25) is 4.79 Å². The van der Waals surface area contributed by atoms with Gasteiger partial charge in [-0.2, -0.15) is 9.78 Å². The van der Waals surface area contributed by atoms with Crippen LogP contribution in [0.3, 0.4) is 0 Å². The third-order valence-corrected chi connectivity index (χ3v) is 4.98. The first-order valence-corrected chi connectivity index (χ1v) is 10.9. The Hall–Kier alpha value is -4.16. The standard InChI is InChI=1S/C15H18N2O2.C11H10FN3O/c1-15(2,16)8-6-11-4-5-13-12(10-11)17(3)14(18)7-9-19-13;12-10-3-1-8(2-4-10)5-9-6-14-15(7-9)11(13)16/h4-5,10H,7,9,16H2,1-3H3;1-4,6-7H,5H2,(H2,13,16). The number of primary amides is 1. The summed E-state index contributed by atoms with van der Waals surface area (Å²) in [5.41, 5.74) is 13.7. The molecule has 0 atom stereocenters. The lowest BCUT2D eigenvalue weighted by Crippen LogP contribution is -2.29. The number of ether oxygens (including phenoxy) is 1. The quantitative estimate of drug-likeness (QED) is 0.551. The van der Waals surface area contributed by atoms with E-state index in [1.54, 1.807) is 36.5 Å². The second kappa shape index (κ2) is 10.8. The second-order valence-electron chi connectivity index (χ2n) is 8.64. The Labute approximate surface area is 203 Å². The van der Waals surface area contributed by atoms with E-state index < -0.39 is 11.6 Å². The number of hydrogen-bond donors (Lipinski definition) is 2. The van der Waals surface area contributed by atoms with Crippen LogP contribution in [0.1, 0.15) is 37.0 Å². The summed E-state index contributed by atoms with van der Waals surface area (Å²) in [4.78, 5) is 24.2. The fourth-order valence-electron chi connectivity index (χ4n) is 3.17. The number of nitrogens with zero attached hydrogens (tertiary/aromatic N) is 3. The second-order valence-corrected chi connectivity index (χ2v) is 8.64. The first kappa shape index (κ1) is 25.5. The molecule has 2 heterocycles. The normalized spacial score (nSPS) is 12.8. The zero-order chi connectivity index (χ0) is 25.6. The first-order valence-electron chi connectivity index (χ1n) is 10.9. The number of hydrogen-bond acceptors (Lipinski definition) is 5. The van der Waals surface area contributed by atoms with Gasteiger partial charge in [-0.15, -0.1) is 0 Å². The zero-order valence-corrected chi connectivity index (χ0v) is 19.9. The lowest BCUT2D eigenvalue weighted by Gasteiger charge is -2.16. The van der Waals surface area contributed by atoms with Crippen molar-refractivity contribution >= 4 is 17.6 Å². The van der Waals surface area contributed by atoms with E-state index in [2.05, 4.69) is 16.9 Å². The number of carbonyl (C=O) groups excluding carboxylic acids is 2. The molecule has 1 aliphatic heterocycles. The van der Waals surface area contributed by atoms with Crippen molar-refractivity contribution in [3.8, 4) is 17.6 Å². The summed E-state index contributed by atoms with van der Waals surface area (Å²) in [7, 11) is 1.75. The molecule has 35 heavy (non-hydrogen) atoms. The molecule has 2 aromatic carbocycles. The van der Waals surface area contributed by atoms with Crippen LogP contribution in [0.25, 0.3) is 0 Å². The molecule has 0 aliphatic carbocycles. The van der Waals surface area contributed by atoms with Crippen molar-refractivity contribution < 1.29 is 18.7 Å². The summed E-state index contributed by atoms with van der Waals surface area (Å²) in [6, 6.07) is 11.1. The Balaban J connectivity index is 0.000000198. The maximum Gasteiger partial charge on any atom is 0.339 e. The topological polar surface area (TPSA) is 116 Å². The van der Waals surface area contributed by atoms with Gasteiger partial charge in [0.05, 0.1) is 30.5 Å². The van der Waals surface area contributed by atoms with Gasteiger partial charge in [0.25, 0.3) is 0 Å². The van der Waals surface area contributed by atoms with Crippen LogP contribution in [0.4, 0.5) is 14.9 Å². The average molecular weight is 478 g/mol. The van der Waals surface area contributed by atoms with Gasteiger partial charge in [0.1, 0.15) is 11.6 Å². The third kappa shape index (κ3) is 7.42. The monoisotopic (exact) mass is 477 g/mol. The predicted octanol–water partition coefficient (Wildman–Crippen LogP) is 3.06. The molecule has 0 saturated heterocycles. The number of nitrogens with two attached hydrogens (primary N) is 2. The van der Waals surface area contributed by atoms with Gasteiger partial charge in [0.15, 0.2) is 0 Å². The number of halogens is 1. The first-order chi connectivity index (χ1) is 16.5. The molecule has 8 nitrogen and oxygen atoms in total. The maximum absolute atomic E-state index is 12.7. The molecule has 0 fully saturated rings. The number of benzene rings is 2. The molecule has 2 amide bonds. The van der Waals surface area contributed by atoms with Crippen molar-refractivity contribution in [3.63, 3.8) is 0 Å². The highest BCUT2D eigenvalue weighted by Gasteiger charge is 2.20. The van der Waals surface area contributed by atoms with Gasteiger partial charge >= 0.3 is 6.03 Å². The molecule has 9 heteroatoms. The van der Waals surface area contributed by atoms with Gasteiger partial charge in [-0.05, 0) is 55.3 Å². The lowest BCUT2D eigenvalue weighted by atomic mass is 10.1. The summed E-state index contributed by atoms with van der Waals surface area (Å²) in [6.07, 6.45) is 4.11. The van der Waals surface area contributed by atoms with Crippen molar-refractivity contribution in [3.05, 3.63) is 77.4 Å². The van der Waals surface area contributed by atoms with Crippen LogP contribution in [0, 0.1) is 17.7 Å². The Morgan fingerprint density at radius 3 is 2.54 bits per heavy atom. The van der Waals surface area contributed by atoms with Gasteiger partial charge in [-0.25, -0.2) is 9.18 Å². The van der Waals surface area contributed by atoms with E-state index in [1.807, 2.05) is 32.0 Å². The minimum atomic E-state index is -0.620. The maximum atomic E-state index is 12.7. The lowest BCUT2D eigenvalue weighted by molar-refractivity contribution is -0.118. The van der Waals surface area contributed by atoms with Crippen LogP contribution < -0.4 is 21.1 Å². The third-order valence-electron chi connectivity index (χ3n) is 4.98. The summed E-state index contributed by atoms with van der Waals surface area (Å²) < 4.78 is 19.3. The van der Waals surface area contributed by atoms with Crippen LogP contribution >= 0.6 is 0 Å². The summed E-state index contributed by atoms with van der Waals surface area (Å²) >= 11 is 0. The smallest absolute Gasteiger partial charge is 0.339 e. The molecule has 182 valence electrons. The Morgan fingerprint density at radius 2 is 1.91 bits per heavy atom. The van der Waals surface area contributed by atoms with Gasteiger partial charge in [0.2, 0.25) is 5.91 Å². The molecular formula is C26H28FN5O3. The molecule has 0 spiro atoms. The fourth-order valence-corrected chi connectivity index (χ4v) is 3.17. The predicted molar refractivity (Wildman–Crippen MR) is 132 cm³/mol. The summed E-state index contributed by atoms with van der Waals surface area (Å²) in [5, 5.41) is 3.80. The molecule has 1 aliphatic rings. The number of carbonyl (C=O) groups is 2. The SMILES string of the molecule is CN1C(=O)CCOc2ccc(C#CC(C)(C)N)cc21.NC(=O)n1cc(Cc2ccc(F)cc2)cn1. The van der Waals surface area contributed by atoms with Crippen molar-refractivity contribution in [2.45, 2.75) is 32.2 Å². The molecule has 0 bridgehead atoms. The van der Waals surface area contributed by atoms with E-state index in [4.69, 9.17) is 16.2 Å². The number of rotatable bonds is 2.